The first-order valence-corrected chi connectivity index (χ1v) is 7.20. The number of hydrogen-bond acceptors (Lipinski definition) is 2. The molecule has 1 rings (SSSR count). The van der Waals surface area contributed by atoms with Gasteiger partial charge in [0.15, 0.2) is 5.11 Å². The van der Waals surface area contributed by atoms with Gasteiger partial charge in [-0.05, 0) is 36.7 Å². The van der Waals surface area contributed by atoms with Gasteiger partial charge < -0.3 is 15.4 Å². The van der Waals surface area contributed by atoms with E-state index in [2.05, 4.69) is 48.7 Å². The van der Waals surface area contributed by atoms with Crippen molar-refractivity contribution >= 4 is 17.3 Å². The lowest BCUT2D eigenvalue weighted by molar-refractivity contribution is 0.204. The van der Waals surface area contributed by atoms with Gasteiger partial charge >= 0.3 is 0 Å². The fourth-order valence-corrected chi connectivity index (χ4v) is 2.14. The number of hydrogen-bond donors (Lipinski definition) is 2. The molecule has 0 radical (unpaired) electrons. The molecule has 0 aliphatic heterocycles. The summed E-state index contributed by atoms with van der Waals surface area (Å²) in [5.41, 5.74) is 2.63. The lowest BCUT2D eigenvalue weighted by Gasteiger charge is -2.17. The van der Waals surface area contributed by atoms with Crippen LogP contribution in [0.4, 0.5) is 0 Å². The first kappa shape index (κ1) is 15.9. The molecule has 3 nitrogen and oxygen atoms in total. The van der Waals surface area contributed by atoms with E-state index in [1.807, 2.05) is 0 Å². The van der Waals surface area contributed by atoms with Crippen LogP contribution in [0.15, 0.2) is 24.3 Å². The topological polar surface area (TPSA) is 33.3 Å². The highest BCUT2D eigenvalue weighted by Crippen LogP contribution is 2.14. The summed E-state index contributed by atoms with van der Waals surface area (Å²) in [4.78, 5) is 0. The Hall–Kier alpha value is -1.13. The van der Waals surface area contributed by atoms with Gasteiger partial charge in [0.2, 0.25) is 0 Å². The smallest absolute Gasteiger partial charge is 0.166 e. The molecule has 0 bridgehead atoms. The first-order valence-electron chi connectivity index (χ1n) is 6.79. The normalized spacial score (nSPS) is 11.9. The van der Waals surface area contributed by atoms with E-state index < -0.39 is 0 Å². The van der Waals surface area contributed by atoms with E-state index in [9.17, 15) is 0 Å². The van der Waals surface area contributed by atoms with Gasteiger partial charge in [0, 0.05) is 13.7 Å². The molecule has 0 heterocycles. The van der Waals surface area contributed by atoms with E-state index in [4.69, 9.17) is 17.0 Å². The summed E-state index contributed by atoms with van der Waals surface area (Å²) in [5.74, 6) is 0. The van der Waals surface area contributed by atoms with Gasteiger partial charge in [0.1, 0.15) is 0 Å². The summed E-state index contributed by atoms with van der Waals surface area (Å²) in [7, 11) is 1.68. The molecule has 1 atom stereocenters. The number of methoxy groups -OCH3 is 1. The second-order valence-electron chi connectivity index (χ2n) is 4.61. The average molecular weight is 280 g/mol. The summed E-state index contributed by atoms with van der Waals surface area (Å²) in [6, 6.07) is 8.93. The third-order valence-electron chi connectivity index (χ3n) is 2.96. The lowest BCUT2D eigenvalue weighted by Crippen LogP contribution is -2.38. The van der Waals surface area contributed by atoms with Crippen molar-refractivity contribution in [1.82, 2.24) is 10.6 Å². The average Bonchev–Trinajstić information content (AvgIpc) is 2.40. The van der Waals surface area contributed by atoms with Crippen LogP contribution in [0.5, 0.6) is 0 Å². The van der Waals surface area contributed by atoms with Crippen molar-refractivity contribution in [2.45, 2.75) is 32.7 Å². The predicted molar refractivity (Wildman–Crippen MR) is 84.5 cm³/mol. The van der Waals surface area contributed by atoms with Crippen LogP contribution in [0.2, 0.25) is 0 Å². The molecule has 1 aromatic carbocycles. The van der Waals surface area contributed by atoms with Crippen LogP contribution in [-0.2, 0) is 11.2 Å². The maximum atomic E-state index is 5.23. The largest absolute Gasteiger partial charge is 0.383 e. The number of nitrogens with one attached hydrogen (secondary N) is 2. The van der Waals surface area contributed by atoms with Crippen molar-refractivity contribution in [3.05, 3.63) is 35.4 Å². The molecule has 0 saturated carbocycles. The first-order chi connectivity index (χ1) is 9.17. The number of ether oxygens (including phenoxy) is 1. The minimum atomic E-state index is 0.207. The van der Waals surface area contributed by atoms with Crippen molar-refractivity contribution in [2.75, 3.05) is 20.3 Å². The number of benzene rings is 1. The van der Waals surface area contributed by atoms with Gasteiger partial charge in [-0.1, -0.05) is 37.6 Å². The molecule has 2 N–H and O–H groups in total. The van der Waals surface area contributed by atoms with Crippen LogP contribution in [0, 0.1) is 0 Å². The van der Waals surface area contributed by atoms with Crippen molar-refractivity contribution in [3.8, 4) is 0 Å². The fourth-order valence-electron chi connectivity index (χ4n) is 1.86. The molecule has 1 unspecified atom stereocenters. The molecular formula is C15H24N2OS. The third-order valence-corrected chi connectivity index (χ3v) is 3.22. The zero-order valence-electron chi connectivity index (χ0n) is 12.0. The maximum absolute atomic E-state index is 5.23. The van der Waals surface area contributed by atoms with Gasteiger partial charge in [-0.25, -0.2) is 0 Å². The van der Waals surface area contributed by atoms with Crippen LogP contribution in [0.1, 0.15) is 37.4 Å². The van der Waals surface area contributed by atoms with Crippen LogP contribution >= 0.6 is 12.2 Å². The highest BCUT2D eigenvalue weighted by molar-refractivity contribution is 7.80. The van der Waals surface area contributed by atoms with Crippen LogP contribution in [0.25, 0.3) is 0 Å². The zero-order valence-corrected chi connectivity index (χ0v) is 12.8. The van der Waals surface area contributed by atoms with Crippen molar-refractivity contribution < 1.29 is 4.74 Å². The molecule has 1 aromatic rings. The molecule has 106 valence electrons. The van der Waals surface area contributed by atoms with E-state index >= 15 is 0 Å². The Morgan fingerprint density at radius 2 is 2.00 bits per heavy atom. The Balaban J connectivity index is 2.43. The number of thiocarbonyl (C=S) groups is 1. The number of aryl methyl sites for hydroxylation is 1. The molecule has 0 aliphatic rings. The van der Waals surface area contributed by atoms with E-state index in [-0.39, 0.29) is 6.04 Å². The Labute approximate surface area is 121 Å². The van der Waals surface area contributed by atoms with Crippen LogP contribution in [-0.4, -0.2) is 25.4 Å². The van der Waals surface area contributed by atoms with Crippen LogP contribution < -0.4 is 10.6 Å². The van der Waals surface area contributed by atoms with Gasteiger partial charge in [0.25, 0.3) is 0 Å². The molecule has 0 aliphatic carbocycles. The summed E-state index contributed by atoms with van der Waals surface area (Å²) >= 11 is 5.23. The van der Waals surface area contributed by atoms with Crippen LogP contribution in [0.3, 0.4) is 0 Å². The van der Waals surface area contributed by atoms with Crippen molar-refractivity contribution in [3.63, 3.8) is 0 Å². The molecular weight excluding hydrogens is 256 g/mol. The SMILES string of the molecule is CCCc1ccc(C(C)NC(=S)NCCOC)cc1. The van der Waals surface area contributed by atoms with Gasteiger partial charge in [0.05, 0.1) is 12.6 Å². The molecule has 0 fully saturated rings. The molecule has 19 heavy (non-hydrogen) atoms. The van der Waals surface area contributed by atoms with E-state index in [1.165, 1.54) is 17.5 Å². The highest BCUT2D eigenvalue weighted by atomic mass is 32.1. The standard InChI is InChI=1S/C15H24N2OS/c1-4-5-13-6-8-14(9-7-13)12(2)17-15(19)16-10-11-18-3/h6-9,12H,4-5,10-11H2,1-3H3,(H2,16,17,19). The van der Waals surface area contributed by atoms with E-state index in [1.54, 1.807) is 7.11 Å². The molecule has 4 heteroatoms. The van der Waals surface area contributed by atoms with Gasteiger partial charge in [-0.15, -0.1) is 0 Å². The Morgan fingerprint density at radius 1 is 1.32 bits per heavy atom. The third kappa shape index (κ3) is 6.03. The quantitative estimate of drug-likeness (QED) is 0.594. The highest BCUT2D eigenvalue weighted by Gasteiger charge is 2.06. The minimum absolute atomic E-state index is 0.207. The summed E-state index contributed by atoms with van der Waals surface area (Å²) < 4.78 is 4.97. The predicted octanol–water partition coefficient (Wildman–Crippen LogP) is 2.81. The second-order valence-corrected chi connectivity index (χ2v) is 5.01. The zero-order chi connectivity index (χ0) is 14.1. The second kappa shape index (κ2) is 8.88. The molecule has 0 spiro atoms. The Morgan fingerprint density at radius 3 is 2.58 bits per heavy atom. The van der Waals surface area contributed by atoms with Crippen molar-refractivity contribution in [2.24, 2.45) is 0 Å². The van der Waals surface area contributed by atoms with Gasteiger partial charge in [-0.3, -0.25) is 0 Å². The lowest BCUT2D eigenvalue weighted by atomic mass is 10.0. The van der Waals surface area contributed by atoms with E-state index in [0.29, 0.717) is 11.7 Å². The molecule has 0 aromatic heterocycles. The Bertz CT molecular complexity index is 378. The summed E-state index contributed by atoms with van der Waals surface area (Å²) in [6.07, 6.45) is 2.32. The fraction of sp³-hybridized carbons (Fsp3) is 0.533. The van der Waals surface area contributed by atoms with Gasteiger partial charge in [-0.2, -0.15) is 0 Å². The number of rotatable bonds is 7. The molecule has 0 amide bonds. The Kier molecular flexibility index (Phi) is 7.45. The summed E-state index contributed by atoms with van der Waals surface area (Å²) in [5, 5.41) is 7.05. The maximum Gasteiger partial charge on any atom is 0.166 e. The minimum Gasteiger partial charge on any atom is -0.383 e. The monoisotopic (exact) mass is 280 g/mol. The summed E-state index contributed by atoms with van der Waals surface area (Å²) in [6.45, 7) is 5.69. The van der Waals surface area contributed by atoms with E-state index in [0.717, 1.165) is 13.0 Å². The molecule has 0 saturated heterocycles. The van der Waals surface area contributed by atoms with Crippen molar-refractivity contribution in [1.29, 1.82) is 0 Å².